The summed E-state index contributed by atoms with van der Waals surface area (Å²) >= 11 is 1.34. The summed E-state index contributed by atoms with van der Waals surface area (Å²) in [5.41, 5.74) is 2.25. The van der Waals surface area contributed by atoms with Crippen LogP contribution < -0.4 is 10.3 Å². The molecule has 0 bridgehead atoms. The van der Waals surface area contributed by atoms with Crippen LogP contribution in [0.2, 0.25) is 0 Å². The summed E-state index contributed by atoms with van der Waals surface area (Å²) in [7, 11) is 1.66. The average Bonchev–Trinajstić information content (AvgIpc) is 2.62. The van der Waals surface area contributed by atoms with Crippen molar-refractivity contribution in [3.63, 3.8) is 0 Å². The van der Waals surface area contributed by atoms with E-state index in [0.29, 0.717) is 21.8 Å². The monoisotopic (exact) mass is 394 g/mol. The number of nitrogens with zero attached hydrogens (tertiary/aromatic N) is 2. The molecule has 0 aliphatic heterocycles. The van der Waals surface area contributed by atoms with E-state index in [1.807, 2.05) is 19.1 Å². The second kappa shape index (κ2) is 7.64. The summed E-state index contributed by atoms with van der Waals surface area (Å²) in [5, 5.41) is 1.10. The van der Waals surface area contributed by atoms with Gasteiger partial charge in [-0.25, -0.2) is 4.98 Å². The Hall–Kier alpha value is -2.48. The van der Waals surface area contributed by atoms with Gasteiger partial charge in [-0.15, -0.1) is 0 Å². The first-order valence-electron chi connectivity index (χ1n) is 8.11. The van der Waals surface area contributed by atoms with Crippen LogP contribution in [-0.4, -0.2) is 22.3 Å². The van der Waals surface area contributed by atoms with Crippen LogP contribution >= 0.6 is 11.8 Å². The Morgan fingerprint density at radius 1 is 1.19 bits per heavy atom. The highest BCUT2D eigenvalue weighted by atomic mass is 32.2. The van der Waals surface area contributed by atoms with Gasteiger partial charge in [-0.3, -0.25) is 9.36 Å². The van der Waals surface area contributed by atoms with Gasteiger partial charge in [0.05, 0.1) is 10.9 Å². The molecule has 4 nitrogen and oxygen atoms in total. The third-order valence-corrected chi connectivity index (χ3v) is 4.96. The van der Waals surface area contributed by atoms with E-state index in [0.717, 1.165) is 11.1 Å². The molecular formula is C19H17F3N2O2S. The number of ether oxygens (including phenoxy) is 1. The van der Waals surface area contributed by atoms with Crippen LogP contribution in [-0.2, 0) is 12.8 Å². The summed E-state index contributed by atoms with van der Waals surface area (Å²) < 4.78 is 43.1. The molecule has 0 saturated heterocycles. The topological polar surface area (TPSA) is 44.1 Å². The average molecular weight is 394 g/mol. The molecule has 0 unspecified atom stereocenters. The highest BCUT2D eigenvalue weighted by Crippen LogP contribution is 2.25. The van der Waals surface area contributed by atoms with Gasteiger partial charge in [-0.1, -0.05) is 35.5 Å². The number of aromatic nitrogens is 2. The van der Waals surface area contributed by atoms with Crippen molar-refractivity contribution in [1.82, 2.24) is 9.55 Å². The lowest BCUT2D eigenvalue weighted by atomic mass is 10.2. The van der Waals surface area contributed by atoms with Crippen LogP contribution in [0.5, 0.6) is 5.75 Å². The van der Waals surface area contributed by atoms with Gasteiger partial charge in [0.1, 0.15) is 5.75 Å². The molecule has 0 spiro atoms. The SMILES string of the molecule is Cc1ccc2nc(SCc3cccc(OCC(F)(F)F)c3)n(C)c(=O)c2c1. The molecule has 0 saturated carbocycles. The molecule has 1 heterocycles. The summed E-state index contributed by atoms with van der Waals surface area (Å²) in [6.45, 7) is 0.582. The molecule has 3 aromatic rings. The Kier molecular flexibility index (Phi) is 5.46. The number of halogens is 3. The Labute approximate surface area is 158 Å². The van der Waals surface area contributed by atoms with Gasteiger partial charge in [0.15, 0.2) is 11.8 Å². The third kappa shape index (κ3) is 4.82. The van der Waals surface area contributed by atoms with E-state index in [-0.39, 0.29) is 11.3 Å². The van der Waals surface area contributed by atoms with Crippen molar-refractivity contribution in [3.05, 3.63) is 63.9 Å². The molecule has 0 fully saturated rings. The van der Waals surface area contributed by atoms with E-state index in [9.17, 15) is 18.0 Å². The molecule has 0 atom stereocenters. The van der Waals surface area contributed by atoms with Crippen molar-refractivity contribution >= 4 is 22.7 Å². The maximum atomic E-state index is 12.5. The Bertz CT molecular complexity index is 1030. The number of aryl methyl sites for hydroxylation is 1. The highest BCUT2D eigenvalue weighted by Gasteiger charge is 2.28. The Balaban J connectivity index is 1.78. The first-order valence-corrected chi connectivity index (χ1v) is 9.10. The number of hydrogen-bond donors (Lipinski definition) is 0. The van der Waals surface area contributed by atoms with Crippen molar-refractivity contribution in [2.24, 2.45) is 7.05 Å². The highest BCUT2D eigenvalue weighted by molar-refractivity contribution is 7.98. The maximum Gasteiger partial charge on any atom is 0.422 e. The lowest BCUT2D eigenvalue weighted by molar-refractivity contribution is -0.153. The molecule has 2 aromatic carbocycles. The van der Waals surface area contributed by atoms with Gasteiger partial charge in [-0.05, 0) is 36.8 Å². The minimum absolute atomic E-state index is 0.131. The van der Waals surface area contributed by atoms with E-state index in [2.05, 4.69) is 4.98 Å². The predicted molar refractivity (Wildman–Crippen MR) is 99.3 cm³/mol. The lowest BCUT2D eigenvalue weighted by Crippen LogP contribution is -2.20. The molecule has 0 aliphatic carbocycles. The molecule has 27 heavy (non-hydrogen) atoms. The van der Waals surface area contributed by atoms with Crippen LogP contribution in [0, 0.1) is 6.92 Å². The Morgan fingerprint density at radius 3 is 2.70 bits per heavy atom. The fourth-order valence-corrected chi connectivity index (χ4v) is 3.45. The lowest BCUT2D eigenvalue weighted by Gasteiger charge is -2.11. The van der Waals surface area contributed by atoms with Crippen LogP contribution in [0.1, 0.15) is 11.1 Å². The molecule has 0 amide bonds. The molecule has 0 radical (unpaired) electrons. The van der Waals surface area contributed by atoms with Gasteiger partial charge in [0.25, 0.3) is 5.56 Å². The number of fused-ring (bicyclic) bond motifs is 1. The molecule has 3 rings (SSSR count). The molecule has 142 valence electrons. The van der Waals surface area contributed by atoms with E-state index in [1.165, 1.54) is 22.4 Å². The molecule has 0 aliphatic rings. The van der Waals surface area contributed by atoms with Crippen LogP contribution in [0.3, 0.4) is 0 Å². The van der Waals surface area contributed by atoms with Crippen LogP contribution in [0.4, 0.5) is 13.2 Å². The number of thioether (sulfide) groups is 1. The molecule has 8 heteroatoms. The van der Waals surface area contributed by atoms with E-state index in [4.69, 9.17) is 4.74 Å². The van der Waals surface area contributed by atoms with Crippen molar-refractivity contribution in [1.29, 1.82) is 0 Å². The number of benzene rings is 2. The zero-order valence-electron chi connectivity index (χ0n) is 14.7. The minimum Gasteiger partial charge on any atom is -0.484 e. The zero-order chi connectivity index (χ0) is 19.6. The van der Waals surface area contributed by atoms with E-state index < -0.39 is 12.8 Å². The second-order valence-corrected chi connectivity index (χ2v) is 7.06. The number of rotatable bonds is 5. The van der Waals surface area contributed by atoms with Gasteiger partial charge in [0.2, 0.25) is 0 Å². The quantitative estimate of drug-likeness (QED) is 0.473. The van der Waals surface area contributed by atoms with Crippen molar-refractivity contribution in [2.75, 3.05) is 6.61 Å². The number of hydrogen-bond acceptors (Lipinski definition) is 4. The van der Waals surface area contributed by atoms with Gasteiger partial charge < -0.3 is 4.74 Å². The van der Waals surface area contributed by atoms with Gasteiger partial charge >= 0.3 is 6.18 Å². The molecular weight excluding hydrogens is 377 g/mol. The minimum atomic E-state index is -4.38. The summed E-state index contributed by atoms with van der Waals surface area (Å²) in [4.78, 5) is 17.1. The Morgan fingerprint density at radius 2 is 1.96 bits per heavy atom. The van der Waals surface area contributed by atoms with Gasteiger partial charge in [0, 0.05) is 12.8 Å². The molecule has 1 aromatic heterocycles. The maximum absolute atomic E-state index is 12.5. The van der Waals surface area contributed by atoms with Crippen molar-refractivity contribution in [2.45, 2.75) is 24.0 Å². The van der Waals surface area contributed by atoms with Gasteiger partial charge in [-0.2, -0.15) is 13.2 Å². The normalized spacial score (nSPS) is 11.7. The first kappa shape index (κ1) is 19.3. The summed E-state index contributed by atoms with van der Waals surface area (Å²) in [6.07, 6.45) is -4.38. The summed E-state index contributed by atoms with van der Waals surface area (Å²) in [6, 6.07) is 12.0. The van der Waals surface area contributed by atoms with E-state index >= 15 is 0 Å². The predicted octanol–water partition coefficient (Wildman–Crippen LogP) is 4.48. The largest absolute Gasteiger partial charge is 0.484 e. The molecule has 0 N–H and O–H groups in total. The van der Waals surface area contributed by atoms with Crippen LogP contribution in [0.25, 0.3) is 10.9 Å². The van der Waals surface area contributed by atoms with E-state index in [1.54, 1.807) is 31.3 Å². The standard InChI is InChI=1S/C19H17F3N2O2S/c1-12-6-7-16-15(8-12)17(25)24(2)18(23-16)27-10-13-4-3-5-14(9-13)26-11-19(20,21)22/h3-9H,10-11H2,1-2H3. The number of alkyl halides is 3. The van der Waals surface area contributed by atoms with Crippen molar-refractivity contribution < 1.29 is 17.9 Å². The summed E-state index contributed by atoms with van der Waals surface area (Å²) in [5.74, 6) is 0.599. The first-order chi connectivity index (χ1) is 12.7. The van der Waals surface area contributed by atoms with Crippen LogP contribution in [0.15, 0.2) is 52.4 Å². The third-order valence-electron chi connectivity index (χ3n) is 3.86. The smallest absolute Gasteiger partial charge is 0.422 e. The fraction of sp³-hybridized carbons (Fsp3) is 0.263. The van der Waals surface area contributed by atoms with Crippen molar-refractivity contribution in [3.8, 4) is 5.75 Å². The second-order valence-electron chi connectivity index (χ2n) is 6.12. The fourth-order valence-electron chi connectivity index (χ4n) is 2.53. The zero-order valence-corrected chi connectivity index (χ0v) is 15.5.